The molecule has 0 radical (unpaired) electrons. The predicted molar refractivity (Wildman–Crippen MR) is 170 cm³/mol. The Kier molecular flexibility index (Phi) is 5.13. The van der Waals surface area contributed by atoms with Crippen LogP contribution in [0.25, 0.3) is 70.4 Å². The van der Waals surface area contributed by atoms with Gasteiger partial charge < -0.3 is 0 Å². The van der Waals surface area contributed by atoms with Crippen molar-refractivity contribution in [3.63, 3.8) is 0 Å². The molecule has 0 N–H and O–H groups in total. The zero-order valence-corrected chi connectivity index (χ0v) is 23.0. The highest BCUT2D eigenvalue weighted by Crippen LogP contribution is 2.41. The lowest BCUT2D eigenvalue weighted by molar-refractivity contribution is 0.996. The number of benzene rings is 5. The molecule has 4 heteroatoms. The number of rotatable bonds is 3. The molecule has 3 aromatic heterocycles. The van der Waals surface area contributed by atoms with Gasteiger partial charge in [0.2, 0.25) is 5.95 Å². The van der Waals surface area contributed by atoms with Crippen molar-refractivity contribution in [3.8, 4) is 28.5 Å². The molecule has 0 fully saturated rings. The van der Waals surface area contributed by atoms with E-state index in [2.05, 4.69) is 122 Å². The Morgan fingerprint density at radius 3 is 1.75 bits per heavy atom. The Labute approximate surface area is 236 Å². The highest BCUT2D eigenvalue weighted by atomic mass is 32.1. The lowest BCUT2D eigenvalue weighted by Gasteiger charge is -2.12. The summed E-state index contributed by atoms with van der Waals surface area (Å²) in [5.74, 6) is 0.680. The van der Waals surface area contributed by atoms with Crippen LogP contribution in [0.15, 0.2) is 115 Å². The molecule has 0 aliphatic heterocycles. The first-order chi connectivity index (χ1) is 19.6. The van der Waals surface area contributed by atoms with Crippen molar-refractivity contribution in [1.29, 1.82) is 0 Å². The topological polar surface area (TPSA) is 30.7 Å². The summed E-state index contributed by atoms with van der Waals surface area (Å²) in [6.07, 6.45) is 0. The van der Waals surface area contributed by atoms with Crippen LogP contribution in [0.5, 0.6) is 0 Å². The van der Waals surface area contributed by atoms with Crippen LogP contribution in [0.3, 0.4) is 0 Å². The Morgan fingerprint density at radius 2 is 1.07 bits per heavy atom. The fraction of sp³-hybridized carbons (Fsp3) is 0.0556. The number of aryl methyl sites for hydroxylation is 2. The van der Waals surface area contributed by atoms with Gasteiger partial charge >= 0.3 is 0 Å². The summed E-state index contributed by atoms with van der Waals surface area (Å²) in [5, 5.41) is 5.03. The van der Waals surface area contributed by atoms with Crippen molar-refractivity contribution < 1.29 is 0 Å². The number of hydrogen-bond acceptors (Lipinski definition) is 3. The van der Waals surface area contributed by atoms with E-state index in [1.807, 2.05) is 23.5 Å². The molecule has 0 atom stereocenters. The summed E-state index contributed by atoms with van der Waals surface area (Å²) in [6, 6.07) is 41.0. The van der Waals surface area contributed by atoms with E-state index in [4.69, 9.17) is 9.97 Å². The third-order valence-corrected chi connectivity index (χ3v) is 8.85. The molecule has 3 heterocycles. The Balaban J connectivity index is 1.50. The van der Waals surface area contributed by atoms with Gasteiger partial charge in [0.05, 0.1) is 22.4 Å². The molecule has 0 saturated carbocycles. The third-order valence-electron chi connectivity index (χ3n) is 7.72. The van der Waals surface area contributed by atoms with Crippen molar-refractivity contribution in [2.45, 2.75) is 13.8 Å². The highest BCUT2D eigenvalue weighted by Gasteiger charge is 2.19. The first-order valence-electron chi connectivity index (χ1n) is 13.5. The van der Waals surface area contributed by atoms with Crippen LogP contribution in [0.2, 0.25) is 0 Å². The molecule has 8 rings (SSSR count). The second kappa shape index (κ2) is 8.87. The molecule has 0 aliphatic rings. The smallest absolute Gasteiger partial charge is 0.235 e. The molecule has 0 unspecified atom stereocenters. The Hall–Kier alpha value is -4.80. The maximum absolute atomic E-state index is 5.19. The molecular weight excluding hydrogens is 506 g/mol. The highest BCUT2D eigenvalue weighted by molar-refractivity contribution is 7.25. The number of thiophene rings is 1. The van der Waals surface area contributed by atoms with Crippen LogP contribution in [-0.2, 0) is 0 Å². The average molecular weight is 532 g/mol. The summed E-state index contributed by atoms with van der Waals surface area (Å²) in [7, 11) is 0. The molecule has 0 amide bonds. The average Bonchev–Trinajstić information content (AvgIpc) is 3.50. The molecule has 190 valence electrons. The zero-order valence-electron chi connectivity index (χ0n) is 22.2. The van der Waals surface area contributed by atoms with E-state index in [-0.39, 0.29) is 0 Å². The van der Waals surface area contributed by atoms with E-state index in [9.17, 15) is 0 Å². The van der Waals surface area contributed by atoms with E-state index >= 15 is 0 Å². The van der Waals surface area contributed by atoms with Gasteiger partial charge in [0.1, 0.15) is 0 Å². The second-order valence-electron chi connectivity index (χ2n) is 10.5. The van der Waals surface area contributed by atoms with Crippen LogP contribution in [0, 0.1) is 13.8 Å². The third kappa shape index (κ3) is 3.64. The first kappa shape index (κ1) is 23.1. The van der Waals surface area contributed by atoms with Crippen LogP contribution >= 0.6 is 11.3 Å². The van der Waals surface area contributed by atoms with Gasteiger partial charge in [-0.05, 0) is 56.3 Å². The molecule has 0 bridgehead atoms. The maximum atomic E-state index is 5.19. The molecule has 8 aromatic rings. The normalized spacial score (nSPS) is 11.8. The summed E-state index contributed by atoms with van der Waals surface area (Å²) in [6.45, 7) is 4.32. The predicted octanol–water partition coefficient (Wildman–Crippen LogP) is 9.89. The summed E-state index contributed by atoms with van der Waals surface area (Å²) < 4.78 is 4.87. The summed E-state index contributed by atoms with van der Waals surface area (Å²) in [4.78, 5) is 10.4. The van der Waals surface area contributed by atoms with Gasteiger partial charge in [0.15, 0.2) is 0 Å². The molecule has 0 spiro atoms. The lowest BCUT2D eigenvalue weighted by Crippen LogP contribution is -2.04. The van der Waals surface area contributed by atoms with Gasteiger partial charge in [-0.15, -0.1) is 11.3 Å². The number of hydrogen-bond donors (Lipinski definition) is 0. The molecular formula is C36H25N3S. The summed E-state index contributed by atoms with van der Waals surface area (Å²) in [5.41, 5.74) is 8.70. The van der Waals surface area contributed by atoms with E-state index in [1.165, 1.54) is 42.1 Å². The van der Waals surface area contributed by atoms with Crippen molar-refractivity contribution in [2.24, 2.45) is 0 Å². The molecule has 40 heavy (non-hydrogen) atoms. The van der Waals surface area contributed by atoms with Gasteiger partial charge in [-0.3, -0.25) is 4.57 Å². The largest absolute Gasteiger partial charge is 0.278 e. The quantitative estimate of drug-likeness (QED) is 0.227. The van der Waals surface area contributed by atoms with Gasteiger partial charge in [-0.1, -0.05) is 83.9 Å². The van der Waals surface area contributed by atoms with E-state index < -0.39 is 0 Å². The molecule has 0 saturated heterocycles. The maximum Gasteiger partial charge on any atom is 0.235 e. The van der Waals surface area contributed by atoms with E-state index in [0.717, 1.165) is 33.5 Å². The van der Waals surface area contributed by atoms with Gasteiger partial charge in [0.25, 0.3) is 0 Å². The minimum Gasteiger partial charge on any atom is -0.278 e. The fourth-order valence-corrected chi connectivity index (χ4v) is 6.89. The first-order valence-corrected chi connectivity index (χ1v) is 14.3. The molecule has 3 nitrogen and oxygen atoms in total. The minimum atomic E-state index is 0.680. The van der Waals surface area contributed by atoms with Gasteiger partial charge in [0, 0.05) is 42.1 Å². The second-order valence-corrected chi connectivity index (χ2v) is 11.6. The zero-order chi connectivity index (χ0) is 26.8. The Morgan fingerprint density at radius 1 is 0.500 bits per heavy atom. The summed E-state index contributed by atoms with van der Waals surface area (Å²) >= 11 is 1.86. The fourth-order valence-electron chi connectivity index (χ4n) is 5.78. The van der Waals surface area contributed by atoms with Crippen molar-refractivity contribution in [1.82, 2.24) is 14.5 Å². The van der Waals surface area contributed by atoms with Gasteiger partial charge in [-0.25, -0.2) is 9.97 Å². The standard InChI is InChI=1S/C36H25N3S/c1-22-13-15-32-26(17-22)27-20-35-29(28-18-23(2)14-16-34(28)40-35)19-33(27)39(32)36-37-30(24-9-5-3-6-10-24)21-31(38-36)25-11-7-4-8-12-25/h3-21H,1-2H3. The molecule has 5 aromatic carbocycles. The minimum absolute atomic E-state index is 0.680. The van der Waals surface area contributed by atoms with Crippen LogP contribution in [0.4, 0.5) is 0 Å². The number of nitrogens with zero attached hydrogens (tertiary/aromatic N) is 3. The van der Waals surface area contributed by atoms with Crippen molar-refractivity contribution in [3.05, 3.63) is 126 Å². The van der Waals surface area contributed by atoms with Crippen LogP contribution < -0.4 is 0 Å². The monoisotopic (exact) mass is 531 g/mol. The van der Waals surface area contributed by atoms with Crippen molar-refractivity contribution in [2.75, 3.05) is 0 Å². The van der Waals surface area contributed by atoms with Crippen LogP contribution in [0.1, 0.15) is 11.1 Å². The van der Waals surface area contributed by atoms with Crippen LogP contribution in [-0.4, -0.2) is 14.5 Å². The number of fused-ring (bicyclic) bond motifs is 6. The van der Waals surface area contributed by atoms with Gasteiger partial charge in [-0.2, -0.15) is 0 Å². The van der Waals surface area contributed by atoms with Crippen molar-refractivity contribution >= 4 is 53.3 Å². The SMILES string of the molecule is Cc1ccc2sc3cc4c5cc(C)ccc5n(-c5nc(-c6ccccc6)cc(-c6ccccc6)n5)c4cc3c2c1. The Bertz CT molecular complexity index is 2170. The lowest BCUT2D eigenvalue weighted by atomic mass is 10.1. The number of aromatic nitrogens is 3. The van der Waals surface area contributed by atoms with E-state index in [0.29, 0.717) is 5.95 Å². The molecule has 0 aliphatic carbocycles. The van der Waals surface area contributed by atoms with E-state index in [1.54, 1.807) is 0 Å².